The maximum atomic E-state index is 15.0. The largest absolute Gasteiger partial charge is 0.465 e. The molecule has 3 aromatic carbocycles. The molecular formula is C49H59F3O8. The molecule has 0 amide bonds. The molecule has 60 heavy (non-hydrogen) atoms. The van der Waals surface area contributed by atoms with E-state index in [9.17, 15) is 27.6 Å². The van der Waals surface area contributed by atoms with E-state index >= 15 is 4.79 Å². The Balaban J connectivity index is 1.04. The summed E-state index contributed by atoms with van der Waals surface area (Å²) in [7, 11) is 0. The van der Waals surface area contributed by atoms with Crippen molar-refractivity contribution in [3.05, 3.63) is 54.6 Å². The van der Waals surface area contributed by atoms with Crippen LogP contribution in [0, 0.1) is 51.2 Å². The van der Waals surface area contributed by atoms with E-state index in [1.807, 2.05) is 36.4 Å². The Hall–Kier alpha value is -4.15. The number of rotatable bonds is 13. The summed E-state index contributed by atoms with van der Waals surface area (Å²) in [4.78, 5) is 56.9. The number of benzene rings is 3. The lowest BCUT2D eigenvalue weighted by molar-refractivity contribution is -0.223. The zero-order valence-electron chi connectivity index (χ0n) is 35.8. The van der Waals surface area contributed by atoms with Gasteiger partial charge in [0.25, 0.3) is 0 Å². The van der Waals surface area contributed by atoms with Crippen molar-refractivity contribution in [1.29, 1.82) is 0 Å². The summed E-state index contributed by atoms with van der Waals surface area (Å²) >= 11 is 0. The predicted octanol–water partition coefficient (Wildman–Crippen LogP) is 11.1. The molecule has 0 spiro atoms. The van der Waals surface area contributed by atoms with E-state index < -0.39 is 63.9 Å². The first-order valence-corrected chi connectivity index (χ1v) is 21.9. The number of hydrogen-bond acceptors (Lipinski definition) is 8. The first-order valence-electron chi connectivity index (χ1n) is 21.9. The molecule has 7 atom stereocenters. The monoisotopic (exact) mass is 832 g/mol. The number of hydrogen-bond donors (Lipinski definition) is 0. The molecule has 0 radical (unpaired) electrons. The standard InChI is InChI=1S/C49H59F3O8/c1-29(49(50,51)52)25-57-40(53)44(2,3)26-46(6,27-45(4,5)41(54)58-38-14-13-35-18-33-9-7-8-10-34(33)19-37(35)20-38)42(55)60-48-23-31-15-32(24-48)22-47(21-31,28-48)43(56)59-39-17-30-11-12-36(39)16-30/h7-10,13-14,18-20,29-32,36,39H,11-12,15-17,21-28H2,1-6H3. The molecule has 6 aliphatic carbocycles. The van der Waals surface area contributed by atoms with Gasteiger partial charge < -0.3 is 18.9 Å². The molecule has 8 nitrogen and oxygen atoms in total. The van der Waals surface area contributed by atoms with Crippen molar-refractivity contribution >= 4 is 45.4 Å². The van der Waals surface area contributed by atoms with Gasteiger partial charge >= 0.3 is 30.1 Å². The van der Waals surface area contributed by atoms with Gasteiger partial charge in [-0.1, -0.05) is 37.3 Å². The summed E-state index contributed by atoms with van der Waals surface area (Å²) < 4.78 is 64.4. The van der Waals surface area contributed by atoms with Crippen molar-refractivity contribution in [1.82, 2.24) is 0 Å². The number of esters is 4. The van der Waals surface area contributed by atoms with E-state index in [4.69, 9.17) is 18.9 Å². The Kier molecular flexibility index (Phi) is 10.7. The molecule has 9 rings (SSSR count). The Morgan fingerprint density at radius 2 is 1.33 bits per heavy atom. The highest BCUT2D eigenvalue weighted by Crippen LogP contribution is 2.64. The normalized spacial score (nSPS) is 29.9. The number of carbonyl (C=O) groups excluding carboxylic acids is 4. The zero-order valence-corrected chi connectivity index (χ0v) is 35.8. The minimum absolute atomic E-state index is 0.0522. The first-order chi connectivity index (χ1) is 28.1. The molecule has 0 heterocycles. The second-order valence-corrected chi connectivity index (χ2v) is 21.3. The van der Waals surface area contributed by atoms with Gasteiger partial charge in [0.05, 0.1) is 27.6 Å². The fraction of sp³-hybridized carbons (Fsp3) is 0.633. The average molecular weight is 833 g/mol. The maximum Gasteiger partial charge on any atom is 0.394 e. The van der Waals surface area contributed by atoms with Crippen LogP contribution in [0.5, 0.6) is 5.75 Å². The van der Waals surface area contributed by atoms with Gasteiger partial charge in [-0.15, -0.1) is 0 Å². The lowest BCUT2D eigenvalue weighted by Crippen LogP contribution is -2.61. The van der Waals surface area contributed by atoms with Crippen LogP contribution in [0.15, 0.2) is 54.6 Å². The molecular weight excluding hydrogens is 774 g/mol. The SMILES string of the molecule is CC(COC(=O)C(C)(C)CC(C)(CC(C)(C)C(=O)Oc1ccc2cc3ccccc3cc2c1)C(=O)OC12CC3CC(C1)CC(C(=O)OC1CC4CCC1C4)(C3)C2)C(F)(F)F. The van der Waals surface area contributed by atoms with Crippen LogP contribution < -0.4 is 4.74 Å². The highest BCUT2D eigenvalue weighted by Gasteiger charge is 2.64. The number of alkyl halides is 3. The van der Waals surface area contributed by atoms with Crippen LogP contribution in [-0.2, 0) is 33.4 Å². The first kappa shape index (κ1) is 42.5. The zero-order chi connectivity index (χ0) is 43.0. The molecule has 3 aromatic rings. The molecule has 11 heteroatoms. The maximum absolute atomic E-state index is 15.0. The van der Waals surface area contributed by atoms with E-state index in [1.54, 1.807) is 32.9 Å². The molecule has 7 unspecified atom stereocenters. The second-order valence-electron chi connectivity index (χ2n) is 21.3. The van der Waals surface area contributed by atoms with E-state index in [-0.39, 0.29) is 36.8 Å². The van der Waals surface area contributed by atoms with Crippen molar-refractivity contribution in [3.63, 3.8) is 0 Å². The Morgan fingerprint density at radius 1 is 0.717 bits per heavy atom. The third-order valence-corrected chi connectivity index (χ3v) is 14.9. The molecule has 0 aromatic heterocycles. The van der Waals surface area contributed by atoms with E-state index in [0.29, 0.717) is 49.7 Å². The molecule has 0 N–H and O–H groups in total. The van der Waals surface area contributed by atoms with E-state index in [2.05, 4.69) is 6.07 Å². The van der Waals surface area contributed by atoms with E-state index in [1.165, 1.54) is 20.3 Å². The van der Waals surface area contributed by atoms with Crippen molar-refractivity contribution in [2.24, 2.45) is 51.2 Å². The van der Waals surface area contributed by atoms with Gasteiger partial charge in [-0.25, -0.2) is 0 Å². The van der Waals surface area contributed by atoms with E-state index in [0.717, 1.165) is 54.2 Å². The fourth-order valence-electron chi connectivity index (χ4n) is 12.5. The number of ether oxygens (including phenoxy) is 4. The smallest absolute Gasteiger partial charge is 0.394 e. The second kappa shape index (κ2) is 15.0. The van der Waals surface area contributed by atoms with Gasteiger partial charge in [0.1, 0.15) is 24.1 Å². The van der Waals surface area contributed by atoms with Crippen molar-refractivity contribution in [3.8, 4) is 5.75 Å². The number of fused-ring (bicyclic) bond motifs is 4. The quantitative estimate of drug-likeness (QED) is 0.0726. The molecule has 6 saturated carbocycles. The predicted molar refractivity (Wildman–Crippen MR) is 219 cm³/mol. The molecule has 6 bridgehead atoms. The van der Waals surface area contributed by atoms with Crippen LogP contribution in [0.4, 0.5) is 13.2 Å². The summed E-state index contributed by atoms with van der Waals surface area (Å²) in [6, 6.07) is 17.5. The fourth-order valence-corrected chi connectivity index (χ4v) is 12.5. The molecule has 324 valence electrons. The minimum Gasteiger partial charge on any atom is -0.465 e. The number of carbonyl (C=O) groups is 4. The lowest BCUT2D eigenvalue weighted by atomic mass is 9.47. The van der Waals surface area contributed by atoms with Crippen LogP contribution in [0.3, 0.4) is 0 Å². The summed E-state index contributed by atoms with van der Waals surface area (Å²) in [6.07, 6.45) is 3.38. The minimum atomic E-state index is -4.55. The number of halogens is 3. The Labute approximate surface area is 350 Å². The van der Waals surface area contributed by atoms with Crippen molar-refractivity contribution in [2.45, 2.75) is 136 Å². The Morgan fingerprint density at radius 3 is 1.93 bits per heavy atom. The van der Waals surface area contributed by atoms with Crippen LogP contribution in [0.25, 0.3) is 21.5 Å². The highest BCUT2D eigenvalue weighted by atomic mass is 19.4. The van der Waals surface area contributed by atoms with Gasteiger partial charge in [0.15, 0.2) is 0 Å². The average Bonchev–Trinajstić information content (AvgIpc) is 3.78. The third kappa shape index (κ3) is 8.27. The Bertz CT molecular complexity index is 2180. The summed E-state index contributed by atoms with van der Waals surface area (Å²) in [6.45, 7) is 8.16. The summed E-state index contributed by atoms with van der Waals surface area (Å²) in [5, 5.41) is 3.99. The molecule has 6 aliphatic rings. The summed E-state index contributed by atoms with van der Waals surface area (Å²) in [5.74, 6) is -2.41. The van der Waals surface area contributed by atoms with Gasteiger partial charge in [0.2, 0.25) is 0 Å². The highest BCUT2D eigenvalue weighted by molar-refractivity contribution is 5.99. The molecule has 6 fully saturated rings. The van der Waals surface area contributed by atoms with Crippen LogP contribution in [0.1, 0.15) is 119 Å². The topological polar surface area (TPSA) is 105 Å². The van der Waals surface area contributed by atoms with Gasteiger partial charge in [-0.05, 0) is 175 Å². The van der Waals surface area contributed by atoms with Crippen molar-refractivity contribution < 1.29 is 51.3 Å². The van der Waals surface area contributed by atoms with Crippen LogP contribution >= 0.6 is 0 Å². The third-order valence-electron chi connectivity index (χ3n) is 14.9. The molecule has 0 saturated heterocycles. The van der Waals surface area contributed by atoms with Gasteiger partial charge in [0, 0.05) is 6.42 Å². The van der Waals surface area contributed by atoms with Crippen molar-refractivity contribution in [2.75, 3.05) is 6.61 Å². The van der Waals surface area contributed by atoms with Crippen LogP contribution in [0.2, 0.25) is 0 Å². The summed E-state index contributed by atoms with van der Waals surface area (Å²) in [5.41, 5.74) is -5.93. The van der Waals surface area contributed by atoms with Gasteiger partial charge in [-0.3, -0.25) is 19.2 Å². The lowest BCUT2D eigenvalue weighted by Gasteiger charge is -2.60. The van der Waals surface area contributed by atoms with Crippen LogP contribution in [-0.4, -0.2) is 48.4 Å². The molecule has 0 aliphatic heterocycles. The van der Waals surface area contributed by atoms with Gasteiger partial charge in [-0.2, -0.15) is 13.2 Å².